The maximum Gasteiger partial charge on any atom is 0.267 e. The van der Waals surface area contributed by atoms with Gasteiger partial charge in [0.15, 0.2) is 0 Å². The molecule has 1 aliphatic heterocycles. The Kier molecular flexibility index (Phi) is 7.06. The Labute approximate surface area is 166 Å². The van der Waals surface area contributed by atoms with Crippen LogP contribution in [-0.2, 0) is 37.5 Å². The molecule has 1 aliphatic rings. The van der Waals surface area contributed by atoms with Crippen molar-refractivity contribution in [1.82, 2.24) is 10.2 Å². The third-order valence-corrected chi connectivity index (χ3v) is 4.08. The number of nitrogens with one attached hydrogen (secondary N) is 1. The van der Waals surface area contributed by atoms with Gasteiger partial charge in [0.25, 0.3) is 5.92 Å². The summed E-state index contributed by atoms with van der Waals surface area (Å²) in [4.78, 5) is 25.8. The summed E-state index contributed by atoms with van der Waals surface area (Å²) in [5.41, 5.74) is 2.02. The Morgan fingerprint density at radius 3 is 2.58 bits per heavy atom. The van der Waals surface area contributed by atoms with E-state index in [1.54, 1.807) is 26.0 Å². The van der Waals surface area contributed by atoms with Crippen molar-refractivity contribution >= 4 is 11.8 Å². The van der Waals surface area contributed by atoms with E-state index >= 15 is 0 Å². The van der Waals surface area contributed by atoms with E-state index in [4.69, 9.17) is 0 Å². The molecule has 0 aliphatic carbocycles. The van der Waals surface area contributed by atoms with Gasteiger partial charge in [-0.2, -0.15) is 23.8 Å². The first kappa shape index (κ1) is 21.2. The fourth-order valence-electron chi connectivity index (χ4n) is 2.81. The topological polar surface area (TPSA) is 49.4 Å². The van der Waals surface area contributed by atoms with Gasteiger partial charge in [-0.05, 0) is 13.8 Å². The van der Waals surface area contributed by atoms with Crippen molar-refractivity contribution in [3.63, 3.8) is 0 Å². The van der Waals surface area contributed by atoms with Crippen LogP contribution in [0.1, 0.15) is 41.8 Å². The molecule has 0 saturated carbocycles. The largest absolute Gasteiger partial charge is 0.342 e. The second-order valence-corrected chi connectivity index (χ2v) is 6.28. The molecule has 1 N–H and O–H groups in total. The summed E-state index contributed by atoms with van der Waals surface area (Å²) < 4.78 is 26.8. The fraction of sp³-hybridized carbons (Fsp3) is 0.529. The van der Waals surface area contributed by atoms with Gasteiger partial charge in [0.05, 0.1) is 6.54 Å². The number of hydrogen-bond acceptors (Lipinski definition) is 2. The summed E-state index contributed by atoms with van der Waals surface area (Å²) in [6.45, 7) is 6.11. The van der Waals surface area contributed by atoms with Gasteiger partial charge in [-0.15, -0.1) is 5.56 Å². The van der Waals surface area contributed by atoms with Gasteiger partial charge in [0.2, 0.25) is 11.8 Å². The number of rotatable bonds is 3. The van der Waals surface area contributed by atoms with E-state index < -0.39 is 30.5 Å². The van der Waals surface area contributed by atoms with E-state index in [-0.39, 0.29) is 45.0 Å². The van der Waals surface area contributed by atoms with Crippen LogP contribution >= 0.6 is 0 Å². The van der Waals surface area contributed by atoms with Gasteiger partial charge in [0.1, 0.15) is 6.04 Å². The Hall–Kier alpha value is -0.876. The van der Waals surface area contributed by atoms with Crippen LogP contribution in [0.2, 0.25) is 0 Å². The number of carbonyl (C=O) groups excluding carboxylic acids is 2. The van der Waals surface area contributed by atoms with E-state index in [1.807, 2.05) is 6.92 Å². The summed E-state index contributed by atoms with van der Waals surface area (Å²) in [5.74, 6) is -3.74. The van der Waals surface area contributed by atoms with Crippen molar-refractivity contribution in [1.29, 1.82) is 0 Å². The zero-order chi connectivity index (χ0) is 17.4. The Morgan fingerprint density at radius 1 is 1.42 bits per heavy atom. The Bertz CT molecular complexity index is 637. The molecular weight excluding hydrogens is 391 g/mol. The molecule has 1 aromatic rings. The van der Waals surface area contributed by atoms with E-state index in [0.717, 1.165) is 16.0 Å². The number of likely N-dealkylation sites (tertiary alicyclic amines) is 1. The zero-order valence-electron chi connectivity index (χ0n) is 14.3. The van der Waals surface area contributed by atoms with Crippen molar-refractivity contribution in [2.75, 3.05) is 6.54 Å². The third-order valence-electron chi connectivity index (χ3n) is 4.08. The average Bonchev–Trinajstić information content (AvgIpc) is 2.73. The molecule has 129 valence electrons. The van der Waals surface area contributed by atoms with E-state index in [9.17, 15) is 18.4 Å². The molecule has 4 nitrogen and oxygen atoms in total. The summed E-state index contributed by atoms with van der Waals surface area (Å²) in [5, 5.41) is 2.60. The van der Waals surface area contributed by atoms with Crippen LogP contribution in [0, 0.1) is 19.9 Å². The number of alkyl halides is 2. The van der Waals surface area contributed by atoms with Gasteiger partial charge < -0.3 is 10.2 Å². The average molecular weight is 412 g/mol. The van der Waals surface area contributed by atoms with Crippen LogP contribution in [-0.4, -0.2) is 41.3 Å². The minimum absolute atomic E-state index is 0. The summed E-state index contributed by atoms with van der Waals surface area (Å²) in [7, 11) is 0. The van der Waals surface area contributed by atoms with Crippen LogP contribution in [0.5, 0.6) is 0 Å². The monoisotopic (exact) mass is 412 g/mol. The third kappa shape index (κ3) is 4.82. The number of benzene rings is 1. The minimum atomic E-state index is -2.86. The fourth-order valence-corrected chi connectivity index (χ4v) is 2.81. The maximum atomic E-state index is 13.4. The molecule has 0 unspecified atom stereocenters. The molecule has 1 saturated heterocycles. The minimum Gasteiger partial charge on any atom is -0.342 e. The number of amides is 2. The predicted molar refractivity (Wildman–Crippen MR) is 82.4 cm³/mol. The zero-order valence-corrected chi connectivity index (χ0v) is 17.2. The van der Waals surface area contributed by atoms with E-state index in [2.05, 4.69) is 11.4 Å². The molecule has 2 amide bonds. The second kappa shape index (κ2) is 8.00. The molecule has 1 aromatic carbocycles. The predicted octanol–water partition coefficient (Wildman–Crippen LogP) is 2.48. The molecule has 1 radical (unpaired) electrons. The van der Waals surface area contributed by atoms with Crippen molar-refractivity contribution in [3.05, 3.63) is 34.9 Å². The molecule has 1 heterocycles. The van der Waals surface area contributed by atoms with Crippen molar-refractivity contribution in [2.24, 2.45) is 0 Å². The van der Waals surface area contributed by atoms with Gasteiger partial charge >= 0.3 is 0 Å². The van der Waals surface area contributed by atoms with Crippen molar-refractivity contribution in [3.8, 4) is 0 Å². The van der Waals surface area contributed by atoms with Crippen molar-refractivity contribution < 1.29 is 51.1 Å². The molecular formula is C17H21F2N2O2Y-. The number of carbonyl (C=O) groups is 2. The molecule has 0 spiro atoms. The molecule has 24 heavy (non-hydrogen) atoms. The summed E-state index contributed by atoms with van der Waals surface area (Å²) in [6.07, 6.45) is -0.341. The van der Waals surface area contributed by atoms with Gasteiger partial charge in [-0.1, -0.05) is 19.4 Å². The van der Waals surface area contributed by atoms with E-state index in [0.29, 0.717) is 5.56 Å². The number of hydrogen-bond donors (Lipinski definition) is 1. The van der Waals surface area contributed by atoms with Gasteiger partial charge in [-0.25, -0.2) is 8.78 Å². The molecule has 2 atom stereocenters. The number of aryl methyl sites for hydroxylation is 2. The van der Waals surface area contributed by atoms with Gasteiger partial charge in [0, 0.05) is 45.2 Å². The smallest absolute Gasteiger partial charge is 0.267 e. The van der Waals surface area contributed by atoms with Crippen LogP contribution < -0.4 is 5.32 Å². The molecule has 2 rings (SSSR count). The first-order valence-electron chi connectivity index (χ1n) is 7.59. The first-order valence-corrected chi connectivity index (χ1v) is 7.59. The van der Waals surface area contributed by atoms with Crippen LogP contribution in [0.4, 0.5) is 8.78 Å². The quantitative estimate of drug-likeness (QED) is 0.776. The van der Waals surface area contributed by atoms with E-state index in [1.165, 1.54) is 6.92 Å². The molecule has 7 heteroatoms. The van der Waals surface area contributed by atoms with Crippen LogP contribution in [0.3, 0.4) is 0 Å². The van der Waals surface area contributed by atoms with Crippen molar-refractivity contribution in [2.45, 2.75) is 52.1 Å². The molecule has 0 aromatic heterocycles. The SMILES string of the molecule is Cc1[c-]cc(C)c(C(=O)N[C@@H](C)C(=O)N2CC(F)(F)C[C@H]2C)c1.[Y]. The summed E-state index contributed by atoms with van der Waals surface area (Å²) >= 11 is 0. The van der Waals surface area contributed by atoms with Gasteiger partial charge in [-0.3, -0.25) is 9.59 Å². The molecule has 0 bridgehead atoms. The molecule has 1 fully saturated rings. The second-order valence-electron chi connectivity index (χ2n) is 6.28. The number of halogens is 2. The van der Waals surface area contributed by atoms with Crippen LogP contribution in [0.15, 0.2) is 12.1 Å². The standard InChI is InChI=1S/C17H21F2N2O2.Y/c1-10-5-6-11(2)14(7-10)15(22)20-13(4)16(23)21-9-17(18,19)8-12(21)3;/h6-7,12-13H,8-9H2,1-4H3,(H,20,22);/q-1;/t12-,13+;/m1./s1. The number of nitrogens with zero attached hydrogens (tertiary/aromatic N) is 1. The summed E-state index contributed by atoms with van der Waals surface area (Å²) in [6, 6.07) is 5.00. The first-order chi connectivity index (χ1) is 10.6. The maximum absolute atomic E-state index is 13.4. The normalized spacial score (nSPS) is 20.2. The Balaban J connectivity index is 0.00000288. The van der Waals surface area contributed by atoms with Crippen LogP contribution in [0.25, 0.3) is 0 Å². The Morgan fingerprint density at radius 2 is 2.04 bits per heavy atom.